The lowest BCUT2D eigenvalue weighted by Crippen LogP contribution is -2.33. The van der Waals surface area contributed by atoms with E-state index < -0.39 is 0 Å². The first-order valence-corrected chi connectivity index (χ1v) is 7.44. The largest absolute Gasteiger partial charge is 0.343 e. The Hall–Kier alpha value is -0.570. The Bertz CT molecular complexity index is 281. The van der Waals surface area contributed by atoms with E-state index in [0.717, 1.165) is 50.9 Å². The molecule has 3 heteroatoms. The minimum Gasteiger partial charge on any atom is -0.343 e. The summed E-state index contributed by atoms with van der Waals surface area (Å²) in [6.07, 6.45) is 4.10. The van der Waals surface area contributed by atoms with E-state index in [1.54, 1.807) is 0 Å². The molecule has 2 atom stereocenters. The average molecular weight is 252 g/mol. The molecule has 0 aromatic heterocycles. The van der Waals surface area contributed by atoms with Crippen molar-refractivity contribution in [2.75, 3.05) is 26.2 Å². The fourth-order valence-corrected chi connectivity index (χ4v) is 3.11. The van der Waals surface area contributed by atoms with Gasteiger partial charge in [-0.1, -0.05) is 20.8 Å². The van der Waals surface area contributed by atoms with Gasteiger partial charge in [-0.15, -0.1) is 0 Å². The Morgan fingerprint density at radius 2 is 1.72 bits per heavy atom. The van der Waals surface area contributed by atoms with Crippen molar-refractivity contribution in [3.05, 3.63) is 0 Å². The van der Waals surface area contributed by atoms with Crippen molar-refractivity contribution in [1.82, 2.24) is 10.2 Å². The van der Waals surface area contributed by atoms with E-state index in [0.29, 0.717) is 5.91 Å². The van der Waals surface area contributed by atoms with Crippen molar-refractivity contribution in [3.63, 3.8) is 0 Å². The van der Waals surface area contributed by atoms with Gasteiger partial charge < -0.3 is 10.2 Å². The number of likely N-dealkylation sites (tertiary alicyclic amines) is 1. The lowest BCUT2D eigenvalue weighted by molar-refractivity contribution is -0.131. The van der Waals surface area contributed by atoms with E-state index in [1.165, 1.54) is 12.8 Å². The molecule has 0 bridgehead atoms. The number of fused-ring (bicyclic) bond motifs is 1. The van der Waals surface area contributed by atoms with Gasteiger partial charge >= 0.3 is 0 Å². The number of carbonyl (C=O) groups is 1. The highest BCUT2D eigenvalue weighted by molar-refractivity contribution is 5.76. The van der Waals surface area contributed by atoms with Gasteiger partial charge in [0.1, 0.15) is 0 Å². The van der Waals surface area contributed by atoms with Gasteiger partial charge in [0.15, 0.2) is 0 Å². The molecule has 2 aliphatic heterocycles. The SMILES string of the molecule is CC(C)(C)CCC(=O)N1CC[C@@H]2CNC[C@@H]2CC1. The summed E-state index contributed by atoms with van der Waals surface area (Å²) in [5.41, 5.74) is 0.266. The first-order valence-electron chi connectivity index (χ1n) is 7.44. The second kappa shape index (κ2) is 5.60. The number of nitrogens with zero attached hydrogens (tertiary/aromatic N) is 1. The second-order valence-electron chi connectivity index (χ2n) is 7.20. The Morgan fingerprint density at radius 3 is 2.22 bits per heavy atom. The van der Waals surface area contributed by atoms with Crippen molar-refractivity contribution in [3.8, 4) is 0 Å². The highest BCUT2D eigenvalue weighted by atomic mass is 16.2. The van der Waals surface area contributed by atoms with Gasteiger partial charge in [0.05, 0.1) is 0 Å². The highest BCUT2D eigenvalue weighted by Gasteiger charge is 2.31. The first-order chi connectivity index (χ1) is 8.46. The fraction of sp³-hybridized carbons (Fsp3) is 0.933. The Morgan fingerprint density at radius 1 is 1.17 bits per heavy atom. The molecule has 18 heavy (non-hydrogen) atoms. The predicted molar refractivity (Wildman–Crippen MR) is 74.4 cm³/mol. The molecule has 0 aromatic rings. The van der Waals surface area contributed by atoms with Gasteiger partial charge in [0.25, 0.3) is 0 Å². The Kier molecular flexibility index (Phi) is 4.31. The highest BCUT2D eigenvalue weighted by Crippen LogP contribution is 2.28. The lowest BCUT2D eigenvalue weighted by Gasteiger charge is -2.24. The first kappa shape index (κ1) is 13.9. The molecule has 2 heterocycles. The smallest absolute Gasteiger partial charge is 0.222 e. The van der Waals surface area contributed by atoms with Crippen LogP contribution in [0.15, 0.2) is 0 Å². The second-order valence-corrected chi connectivity index (χ2v) is 7.20. The lowest BCUT2D eigenvalue weighted by atomic mass is 9.90. The van der Waals surface area contributed by atoms with Crippen molar-refractivity contribution in [2.24, 2.45) is 17.3 Å². The van der Waals surface area contributed by atoms with E-state index >= 15 is 0 Å². The summed E-state index contributed by atoms with van der Waals surface area (Å²) in [6.45, 7) is 10.9. The van der Waals surface area contributed by atoms with Gasteiger partial charge in [0, 0.05) is 19.5 Å². The zero-order chi connectivity index (χ0) is 13.2. The van der Waals surface area contributed by atoms with Crippen molar-refractivity contribution in [2.45, 2.75) is 46.5 Å². The molecule has 104 valence electrons. The third-order valence-corrected chi connectivity index (χ3v) is 4.46. The number of rotatable bonds is 2. The van der Waals surface area contributed by atoms with Crippen molar-refractivity contribution >= 4 is 5.91 Å². The van der Waals surface area contributed by atoms with Gasteiger partial charge in [-0.2, -0.15) is 0 Å². The topological polar surface area (TPSA) is 32.3 Å². The number of carbonyl (C=O) groups excluding carboxylic acids is 1. The van der Waals surface area contributed by atoms with Crippen LogP contribution in [0.3, 0.4) is 0 Å². The van der Waals surface area contributed by atoms with E-state index in [1.807, 2.05) is 0 Å². The zero-order valence-corrected chi connectivity index (χ0v) is 12.2. The Balaban J connectivity index is 1.81. The van der Waals surface area contributed by atoms with Crippen LogP contribution in [0.1, 0.15) is 46.5 Å². The summed E-state index contributed by atoms with van der Waals surface area (Å²) < 4.78 is 0. The van der Waals surface area contributed by atoms with Crippen LogP contribution in [0, 0.1) is 17.3 Å². The number of amides is 1. The third-order valence-electron chi connectivity index (χ3n) is 4.46. The molecule has 0 spiro atoms. The van der Waals surface area contributed by atoms with Crippen molar-refractivity contribution in [1.29, 1.82) is 0 Å². The van der Waals surface area contributed by atoms with Gasteiger partial charge in [-0.3, -0.25) is 4.79 Å². The predicted octanol–water partition coefficient (Wildman–Crippen LogP) is 2.27. The van der Waals surface area contributed by atoms with E-state index in [4.69, 9.17) is 0 Å². The van der Waals surface area contributed by atoms with Crippen LogP contribution in [0.2, 0.25) is 0 Å². The van der Waals surface area contributed by atoms with E-state index in [-0.39, 0.29) is 5.41 Å². The van der Waals surface area contributed by atoms with Crippen LogP contribution in [-0.4, -0.2) is 37.0 Å². The minimum absolute atomic E-state index is 0.266. The number of nitrogens with one attached hydrogen (secondary N) is 1. The van der Waals surface area contributed by atoms with Crippen LogP contribution in [0.5, 0.6) is 0 Å². The monoisotopic (exact) mass is 252 g/mol. The maximum Gasteiger partial charge on any atom is 0.222 e. The van der Waals surface area contributed by atoms with Crippen LogP contribution >= 0.6 is 0 Å². The number of hydrogen-bond acceptors (Lipinski definition) is 2. The van der Waals surface area contributed by atoms with Gasteiger partial charge in [-0.25, -0.2) is 0 Å². The average Bonchev–Trinajstić information content (AvgIpc) is 2.64. The van der Waals surface area contributed by atoms with Crippen molar-refractivity contribution < 1.29 is 4.79 Å². The molecule has 2 fully saturated rings. The molecule has 0 unspecified atom stereocenters. The summed E-state index contributed by atoms with van der Waals surface area (Å²) in [5.74, 6) is 1.99. The van der Waals surface area contributed by atoms with E-state index in [2.05, 4.69) is 31.0 Å². The molecule has 0 saturated carbocycles. The molecular weight excluding hydrogens is 224 g/mol. The molecule has 2 saturated heterocycles. The van der Waals surface area contributed by atoms with E-state index in [9.17, 15) is 4.79 Å². The molecule has 0 aromatic carbocycles. The number of hydrogen-bond donors (Lipinski definition) is 1. The Labute approximate surface area is 111 Å². The normalized spacial score (nSPS) is 28.9. The third kappa shape index (κ3) is 3.71. The summed E-state index contributed by atoms with van der Waals surface area (Å²) in [4.78, 5) is 14.3. The minimum atomic E-state index is 0.266. The summed E-state index contributed by atoms with van der Waals surface area (Å²) >= 11 is 0. The quantitative estimate of drug-likeness (QED) is 0.817. The van der Waals surface area contributed by atoms with Crippen LogP contribution in [-0.2, 0) is 4.79 Å². The van der Waals surface area contributed by atoms with Gasteiger partial charge in [0.2, 0.25) is 5.91 Å². The molecule has 0 radical (unpaired) electrons. The van der Waals surface area contributed by atoms with Crippen LogP contribution in [0.4, 0.5) is 0 Å². The molecule has 0 aliphatic carbocycles. The maximum atomic E-state index is 12.2. The molecule has 3 nitrogen and oxygen atoms in total. The molecule has 2 aliphatic rings. The summed E-state index contributed by atoms with van der Waals surface area (Å²) in [6, 6.07) is 0. The maximum absolute atomic E-state index is 12.2. The molecule has 1 N–H and O–H groups in total. The fourth-order valence-electron chi connectivity index (χ4n) is 3.11. The zero-order valence-electron chi connectivity index (χ0n) is 12.2. The summed E-state index contributed by atoms with van der Waals surface area (Å²) in [5, 5.41) is 3.48. The molecular formula is C15H28N2O. The standard InChI is InChI=1S/C15H28N2O/c1-15(2,3)7-4-14(18)17-8-5-12-10-16-11-13(12)6-9-17/h12-13,16H,4-11H2,1-3H3/t12-,13+. The molecule has 2 rings (SSSR count). The van der Waals surface area contributed by atoms with Crippen LogP contribution in [0.25, 0.3) is 0 Å². The van der Waals surface area contributed by atoms with Crippen LogP contribution < -0.4 is 5.32 Å². The van der Waals surface area contributed by atoms with Gasteiger partial charge in [-0.05, 0) is 49.6 Å². The molecule has 1 amide bonds. The summed E-state index contributed by atoms with van der Waals surface area (Å²) in [7, 11) is 0.